The Morgan fingerprint density at radius 2 is 1.76 bits per heavy atom. The van der Waals surface area contributed by atoms with E-state index in [1.807, 2.05) is 0 Å². The van der Waals surface area contributed by atoms with Crippen LogP contribution in [0.4, 0.5) is 17.1 Å². The summed E-state index contributed by atoms with van der Waals surface area (Å²) in [5.41, 5.74) is 0.387. The van der Waals surface area contributed by atoms with Crippen LogP contribution in [-0.4, -0.2) is 30.6 Å². The molecule has 0 spiro atoms. The number of halogens is 2. The molecule has 0 fully saturated rings. The maximum Gasteiger partial charge on any atom is 0.294 e. The number of fused-ring (bicyclic) bond motifs is 1. The third kappa shape index (κ3) is 5.73. The molecule has 0 bridgehead atoms. The first kappa shape index (κ1) is 27.3. The van der Waals surface area contributed by atoms with E-state index < -0.39 is 26.7 Å². The van der Waals surface area contributed by atoms with Gasteiger partial charge in [-0.3, -0.25) is 9.35 Å². The molecule has 0 saturated heterocycles. The van der Waals surface area contributed by atoms with Crippen LogP contribution < -0.4 is 10.1 Å². The molecule has 0 aromatic heterocycles. The molecule has 0 aliphatic rings. The number of amides is 1. The summed E-state index contributed by atoms with van der Waals surface area (Å²) in [5.74, 6) is -0.730. The number of azo groups is 1. The van der Waals surface area contributed by atoms with Crippen LogP contribution in [0.1, 0.15) is 22.8 Å². The first-order valence-corrected chi connectivity index (χ1v) is 13.4. The van der Waals surface area contributed by atoms with Crippen molar-refractivity contribution in [3.05, 3.63) is 81.8 Å². The predicted molar refractivity (Wildman–Crippen MR) is 146 cm³/mol. The van der Waals surface area contributed by atoms with Crippen LogP contribution in [0.3, 0.4) is 0 Å². The number of carbonyl (C=O) groups excluding carboxylic acids is 1. The van der Waals surface area contributed by atoms with E-state index in [-0.39, 0.29) is 27.5 Å². The van der Waals surface area contributed by atoms with Crippen molar-refractivity contribution >= 4 is 67.1 Å². The number of rotatable bonds is 7. The van der Waals surface area contributed by atoms with Gasteiger partial charge in [0.15, 0.2) is 5.75 Å². The zero-order valence-electron chi connectivity index (χ0n) is 20.1. The van der Waals surface area contributed by atoms with Gasteiger partial charge < -0.3 is 15.2 Å². The second kappa shape index (κ2) is 11.0. The second-order valence-electron chi connectivity index (χ2n) is 8.09. The van der Waals surface area contributed by atoms with Crippen LogP contribution in [0.25, 0.3) is 10.8 Å². The second-order valence-corrected chi connectivity index (χ2v) is 10.4. The molecular formula is C26H21Cl2N3O6S. The molecule has 9 nitrogen and oxygen atoms in total. The van der Waals surface area contributed by atoms with Crippen molar-refractivity contribution in [2.75, 3.05) is 11.9 Å². The van der Waals surface area contributed by atoms with Gasteiger partial charge in [0.25, 0.3) is 16.0 Å². The van der Waals surface area contributed by atoms with Crippen molar-refractivity contribution in [3.8, 4) is 11.5 Å². The Bertz CT molecular complexity index is 1710. The number of carbonyl (C=O) groups is 1. The Hall–Kier alpha value is -3.70. The molecular weight excluding hydrogens is 553 g/mol. The van der Waals surface area contributed by atoms with Gasteiger partial charge in [-0.2, -0.15) is 13.5 Å². The highest BCUT2D eigenvalue weighted by Crippen LogP contribution is 2.41. The number of ether oxygens (including phenoxy) is 1. The molecule has 0 aliphatic heterocycles. The van der Waals surface area contributed by atoms with Crippen LogP contribution in [-0.2, 0) is 10.1 Å². The standard InChI is InChI=1S/C26H21Cl2N3O6S/c1-3-37-22-12-16(27)8-9-20(22)29-26(33)19-10-15-6-4-5-7-18(15)24(25(19)32)31-30-21-11-17(28)13-23(14(21)2)38(34,35)36/h4-13,32H,3H2,1-2H3,(H,29,33)(H,34,35,36). The highest BCUT2D eigenvalue weighted by Gasteiger charge is 2.21. The minimum atomic E-state index is -4.57. The molecule has 12 heteroatoms. The predicted octanol–water partition coefficient (Wildman–Crippen LogP) is 7.47. The molecule has 0 saturated carbocycles. The maximum absolute atomic E-state index is 13.3. The topological polar surface area (TPSA) is 138 Å². The van der Waals surface area contributed by atoms with Crippen molar-refractivity contribution in [1.29, 1.82) is 0 Å². The monoisotopic (exact) mass is 573 g/mol. The number of hydrogen-bond donors (Lipinski definition) is 3. The third-order valence-electron chi connectivity index (χ3n) is 5.56. The zero-order chi connectivity index (χ0) is 27.6. The summed E-state index contributed by atoms with van der Waals surface area (Å²) >= 11 is 12.1. The van der Waals surface area contributed by atoms with Gasteiger partial charge in [0.1, 0.15) is 16.3 Å². The largest absolute Gasteiger partial charge is 0.505 e. The Balaban J connectivity index is 1.81. The number of nitrogens with one attached hydrogen (secondary N) is 1. The van der Waals surface area contributed by atoms with Gasteiger partial charge in [0.05, 0.1) is 23.5 Å². The normalized spacial score (nSPS) is 11.7. The van der Waals surface area contributed by atoms with Crippen molar-refractivity contribution in [3.63, 3.8) is 0 Å². The molecule has 1 amide bonds. The van der Waals surface area contributed by atoms with Crippen molar-refractivity contribution in [2.24, 2.45) is 10.2 Å². The Labute approximate surface area is 228 Å². The summed E-state index contributed by atoms with van der Waals surface area (Å²) in [5, 5.41) is 23.6. The third-order valence-corrected chi connectivity index (χ3v) is 7.00. The van der Waals surface area contributed by atoms with Crippen LogP contribution in [0, 0.1) is 6.92 Å². The number of nitrogens with zero attached hydrogens (tertiary/aromatic N) is 2. The first-order valence-electron chi connectivity index (χ1n) is 11.2. The van der Waals surface area contributed by atoms with Gasteiger partial charge in [0, 0.05) is 21.5 Å². The van der Waals surface area contributed by atoms with Gasteiger partial charge in [-0.05, 0) is 55.1 Å². The molecule has 0 aliphatic carbocycles. The Morgan fingerprint density at radius 3 is 2.47 bits per heavy atom. The van der Waals surface area contributed by atoms with Crippen molar-refractivity contribution in [1.82, 2.24) is 0 Å². The van der Waals surface area contributed by atoms with E-state index >= 15 is 0 Å². The molecule has 0 radical (unpaired) electrons. The molecule has 4 aromatic carbocycles. The lowest BCUT2D eigenvalue weighted by Crippen LogP contribution is -2.13. The van der Waals surface area contributed by atoms with Crippen LogP contribution >= 0.6 is 23.2 Å². The summed E-state index contributed by atoms with van der Waals surface area (Å²) in [6, 6.07) is 15.6. The van der Waals surface area contributed by atoms with Gasteiger partial charge >= 0.3 is 0 Å². The fourth-order valence-corrected chi connectivity index (χ4v) is 4.98. The lowest BCUT2D eigenvalue weighted by Gasteiger charge is -2.14. The number of phenols is 1. The SMILES string of the molecule is CCOc1cc(Cl)ccc1NC(=O)c1cc2ccccc2c(N=Nc2cc(Cl)cc(S(=O)(=O)O)c2C)c1O. The quantitative estimate of drug-likeness (QED) is 0.155. The van der Waals surface area contributed by atoms with E-state index in [9.17, 15) is 22.9 Å². The van der Waals surface area contributed by atoms with Crippen molar-refractivity contribution in [2.45, 2.75) is 18.7 Å². The highest BCUT2D eigenvalue weighted by molar-refractivity contribution is 7.85. The summed E-state index contributed by atoms with van der Waals surface area (Å²) in [7, 11) is -4.57. The number of benzene rings is 4. The summed E-state index contributed by atoms with van der Waals surface area (Å²) in [6.45, 7) is 3.56. The first-order chi connectivity index (χ1) is 18.0. The summed E-state index contributed by atoms with van der Waals surface area (Å²) in [4.78, 5) is 12.8. The molecule has 38 heavy (non-hydrogen) atoms. The molecule has 196 valence electrons. The number of hydrogen-bond acceptors (Lipinski definition) is 7. The van der Waals surface area contributed by atoms with Gasteiger partial charge in [-0.25, -0.2) is 0 Å². The molecule has 3 N–H and O–H groups in total. The minimum absolute atomic E-state index is 0.00690. The minimum Gasteiger partial charge on any atom is -0.505 e. The van der Waals surface area contributed by atoms with Crippen LogP contribution in [0.15, 0.2) is 75.8 Å². The van der Waals surface area contributed by atoms with Gasteiger partial charge in [-0.1, -0.05) is 47.5 Å². The van der Waals surface area contributed by atoms with Crippen LogP contribution in [0.5, 0.6) is 11.5 Å². The van der Waals surface area contributed by atoms with Gasteiger partial charge in [-0.15, -0.1) is 5.11 Å². The molecule has 0 unspecified atom stereocenters. The number of phenolic OH excluding ortho intramolecular Hbond substituents is 1. The Kier molecular flexibility index (Phi) is 7.89. The molecule has 4 aromatic rings. The smallest absolute Gasteiger partial charge is 0.294 e. The summed E-state index contributed by atoms with van der Waals surface area (Å²) in [6.07, 6.45) is 0. The molecule has 0 atom stereocenters. The average Bonchev–Trinajstić information content (AvgIpc) is 2.86. The fraction of sp³-hybridized carbons (Fsp3) is 0.115. The van der Waals surface area contributed by atoms with E-state index in [4.69, 9.17) is 27.9 Å². The fourth-order valence-electron chi connectivity index (χ4n) is 3.77. The van der Waals surface area contributed by atoms with E-state index in [1.165, 1.54) is 19.1 Å². The molecule has 0 heterocycles. The number of anilines is 1. The highest BCUT2D eigenvalue weighted by atomic mass is 35.5. The van der Waals surface area contributed by atoms with E-state index in [2.05, 4.69) is 15.5 Å². The van der Waals surface area contributed by atoms with Crippen LogP contribution in [0.2, 0.25) is 10.0 Å². The van der Waals surface area contributed by atoms with E-state index in [0.29, 0.717) is 33.8 Å². The lowest BCUT2D eigenvalue weighted by atomic mass is 10.0. The number of aromatic hydroxyl groups is 1. The van der Waals surface area contributed by atoms with E-state index in [0.717, 1.165) is 6.07 Å². The molecule has 4 rings (SSSR count). The maximum atomic E-state index is 13.3. The van der Waals surface area contributed by atoms with Crippen molar-refractivity contribution < 1.29 is 27.6 Å². The zero-order valence-corrected chi connectivity index (χ0v) is 22.4. The Morgan fingerprint density at radius 1 is 1.03 bits per heavy atom. The van der Waals surface area contributed by atoms with E-state index in [1.54, 1.807) is 49.4 Å². The summed E-state index contributed by atoms with van der Waals surface area (Å²) < 4.78 is 38.5. The lowest BCUT2D eigenvalue weighted by molar-refractivity contribution is 0.102. The van der Waals surface area contributed by atoms with Gasteiger partial charge in [0.2, 0.25) is 0 Å². The average molecular weight is 574 g/mol.